The Kier molecular flexibility index (Phi) is 3.90. The summed E-state index contributed by atoms with van der Waals surface area (Å²) in [5.74, 6) is 0.457. The number of fused-ring (bicyclic) bond motifs is 1. The van der Waals surface area contributed by atoms with E-state index in [1.54, 1.807) is 0 Å². The van der Waals surface area contributed by atoms with Gasteiger partial charge in [-0.3, -0.25) is 9.48 Å². The number of furan rings is 1. The first-order chi connectivity index (χ1) is 12.4. The Bertz CT molecular complexity index is 1010. The van der Waals surface area contributed by atoms with Crippen LogP contribution >= 0.6 is 0 Å². The van der Waals surface area contributed by atoms with E-state index in [0.29, 0.717) is 18.3 Å². The number of aromatic nitrogens is 2. The van der Waals surface area contributed by atoms with Crippen LogP contribution in [0.5, 0.6) is 0 Å². The lowest BCUT2D eigenvalue weighted by Gasteiger charge is -2.22. The van der Waals surface area contributed by atoms with Gasteiger partial charge in [0.2, 0.25) is 0 Å². The molecule has 0 radical (unpaired) electrons. The fraction of sp³-hybridized carbons (Fsp3) is 0.429. The SMILES string of the molecule is Cc1ccc2oc(C(=O)N(Cc3c(C)nn(C)c3C)C3CC3)c(C)c2c1. The second kappa shape index (κ2) is 6.01. The summed E-state index contributed by atoms with van der Waals surface area (Å²) in [4.78, 5) is 15.3. The summed E-state index contributed by atoms with van der Waals surface area (Å²) >= 11 is 0. The standard InChI is InChI=1S/C21H25N3O2/c1-12-6-9-19-17(10-12)13(2)20(26-19)21(25)24(16-7-8-16)11-18-14(3)22-23(5)15(18)4/h6,9-10,16H,7-8,11H2,1-5H3. The Labute approximate surface area is 153 Å². The first kappa shape index (κ1) is 16.9. The molecule has 1 saturated carbocycles. The third kappa shape index (κ3) is 2.71. The first-order valence-electron chi connectivity index (χ1n) is 9.16. The molecule has 0 spiro atoms. The molecule has 4 rings (SSSR count). The van der Waals surface area contributed by atoms with Gasteiger partial charge >= 0.3 is 0 Å². The maximum Gasteiger partial charge on any atom is 0.290 e. The van der Waals surface area contributed by atoms with E-state index < -0.39 is 0 Å². The van der Waals surface area contributed by atoms with Crippen LogP contribution in [0.1, 0.15) is 51.5 Å². The second-order valence-electron chi connectivity index (χ2n) is 7.49. The molecule has 1 amide bonds. The maximum atomic E-state index is 13.3. The maximum absolute atomic E-state index is 13.3. The van der Waals surface area contributed by atoms with Gasteiger partial charge in [0.25, 0.3) is 5.91 Å². The number of benzene rings is 1. The molecule has 0 aliphatic heterocycles. The van der Waals surface area contributed by atoms with Crippen molar-refractivity contribution in [2.24, 2.45) is 7.05 Å². The predicted octanol–water partition coefficient (Wildman–Crippen LogP) is 4.20. The molecule has 1 fully saturated rings. The molecule has 1 aromatic carbocycles. The van der Waals surface area contributed by atoms with Gasteiger partial charge in [-0.1, -0.05) is 11.6 Å². The van der Waals surface area contributed by atoms with Crippen molar-refractivity contribution in [1.82, 2.24) is 14.7 Å². The fourth-order valence-electron chi connectivity index (χ4n) is 3.64. The molecule has 1 aliphatic carbocycles. The molecule has 5 heteroatoms. The van der Waals surface area contributed by atoms with Gasteiger partial charge in [-0.25, -0.2) is 0 Å². The molecular formula is C21H25N3O2. The van der Waals surface area contributed by atoms with E-state index in [9.17, 15) is 4.79 Å². The summed E-state index contributed by atoms with van der Waals surface area (Å²) in [6, 6.07) is 6.35. The smallest absolute Gasteiger partial charge is 0.290 e. The molecular weight excluding hydrogens is 326 g/mol. The van der Waals surface area contributed by atoms with E-state index >= 15 is 0 Å². The average Bonchev–Trinajstić information content (AvgIpc) is 3.35. The summed E-state index contributed by atoms with van der Waals surface area (Å²) in [6.07, 6.45) is 2.12. The van der Waals surface area contributed by atoms with E-state index in [0.717, 1.165) is 46.3 Å². The van der Waals surface area contributed by atoms with Gasteiger partial charge < -0.3 is 9.32 Å². The van der Waals surface area contributed by atoms with Crippen LogP contribution in [0, 0.1) is 27.7 Å². The van der Waals surface area contributed by atoms with E-state index in [2.05, 4.69) is 25.0 Å². The highest BCUT2D eigenvalue weighted by atomic mass is 16.3. The van der Waals surface area contributed by atoms with Gasteiger partial charge in [-0.2, -0.15) is 5.10 Å². The van der Waals surface area contributed by atoms with Crippen molar-refractivity contribution < 1.29 is 9.21 Å². The van der Waals surface area contributed by atoms with Crippen molar-refractivity contribution >= 4 is 16.9 Å². The minimum Gasteiger partial charge on any atom is -0.451 e. The van der Waals surface area contributed by atoms with Crippen molar-refractivity contribution in [2.45, 2.75) is 53.1 Å². The lowest BCUT2D eigenvalue weighted by molar-refractivity contribution is 0.0698. The highest BCUT2D eigenvalue weighted by Crippen LogP contribution is 2.33. The zero-order valence-corrected chi connectivity index (χ0v) is 16.1. The van der Waals surface area contributed by atoms with E-state index in [4.69, 9.17) is 4.42 Å². The van der Waals surface area contributed by atoms with Gasteiger partial charge in [0.05, 0.1) is 12.2 Å². The topological polar surface area (TPSA) is 51.3 Å². The predicted molar refractivity (Wildman–Crippen MR) is 101 cm³/mol. The molecule has 0 saturated heterocycles. The van der Waals surface area contributed by atoms with Gasteiger partial charge in [-0.15, -0.1) is 0 Å². The van der Waals surface area contributed by atoms with Gasteiger partial charge in [0.15, 0.2) is 5.76 Å². The molecule has 0 N–H and O–H groups in total. The lowest BCUT2D eigenvalue weighted by Crippen LogP contribution is -2.33. The van der Waals surface area contributed by atoms with Crippen molar-refractivity contribution in [3.63, 3.8) is 0 Å². The fourth-order valence-corrected chi connectivity index (χ4v) is 3.64. The molecule has 0 bridgehead atoms. The number of nitrogens with zero attached hydrogens (tertiary/aromatic N) is 3. The number of hydrogen-bond acceptors (Lipinski definition) is 3. The third-order valence-corrected chi connectivity index (χ3v) is 5.52. The minimum atomic E-state index is -0.0125. The van der Waals surface area contributed by atoms with Crippen LogP contribution in [0.2, 0.25) is 0 Å². The molecule has 136 valence electrons. The zero-order valence-electron chi connectivity index (χ0n) is 16.1. The van der Waals surface area contributed by atoms with Gasteiger partial charge in [0, 0.05) is 35.3 Å². The molecule has 26 heavy (non-hydrogen) atoms. The number of rotatable bonds is 4. The Balaban J connectivity index is 1.71. The number of carbonyl (C=O) groups excluding carboxylic acids is 1. The Morgan fingerprint density at radius 1 is 1.27 bits per heavy atom. The first-order valence-corrected chi connectivity index (χ1v) is 9.16. The lowest BCUT2D eigenvalue weighted by atomic mass is 10.1. The third-order valence-electron chi connectivity index (χ3n) is 5.52. The Morgan fingerprint density at radius 2 is 2.00 bits per heavy atom. The van der Waals surface area contributed by atoms with Crippen LogP contribution in [-0.4, -0.2) is 26.6 Å². The molecule has 2 heterocycles. The highest BCUT2D eigenvalue weighted by Gasteiger charge is 2.36. The summed E-state index contributed by atoms with van der Waals surface area (Å²) < 4.78 is 7.85. The molecule has 5 nitrogen and oxygen atoms in total. The van der Waals surface area contributed by atoms with E-state index in [-0.39, 0.29) is 5.91 Å². The van der Waals surface area contributed by atoms with Crippen molar-refractivity contribution in [1.29, 1.82) is 0 Å². The summed E-state index contributed by atoms with van der Waals surface area (Å²) in [5, 5.41) is 5.52. The molecule has 1 aliphatic rings. The van der Waals surface area contributed by atoms with E-state index in [1.165, 1.54) is 5.56 Å². The Hall–Kier alpha value is -2.56. The summed E-state index contributed by atoms with van der Waals surface area (Å²) in [6.45, 7) is 8.68. The summed E-state index contributed by atoms with van der Waals surface area (Å²) in [5.41, 5.74) is 6.11. The van der Waals surface area contributed by atoms with Crippen LogP contribution < -0.4 is 0 Å². The number of amides is 1. The number of hydrogen-bond donors (Lipinski definition) is 0. The van der Waals surface area contributed by atoms with E-state index in [1.807, 2.05) is 42.6 Å². The zero-order chi connectivity index (χ0) is 18.6. The monoisotopic (exact) mass is 351 g/mol. The Morgan fingerprint density at radius 3 is 2.62 bits per heavy atom. The number of aryl methyl sites for hydroxylation is 4. The van der Waals surface area contributed by atoms with Crippen molar-refractivity contribution in [2.75, 3.05) is 0 Å². The molecule has 0 atom stereocenters. The summed E-state index contributed by atoms with van der Waals surface area (Å²) in [7, 11) is 1.95. The average molecular weight is 351 g/mol. The molecule has 2 aromatic heterocycles. The highest BCUT2D eigenvalue weighted by molar-refractivity contribution is 5.99. The minimum absolute atomic E-state index is 0.0125. The van der Waals surface area contributed by atoms with Crippen molar-refractivity contribution in [3.8, 4) is 0 Å². The largest absolute Gasteiger partial charge is 0.451 e. The van der Waals surface area contributed by atoms with Gasteiger partial charge in [0.1, 0.15) is 5.58 Å². The second-order valence-corrected chi connectivity index (χ2v) is 7.49. The molecule has 0 unspecified atom stereocenters. The molecule has 3 aromatic rings. The van der Waals surface area contributed by atoms with Gasteiger partial charge in [-0.05, 0) is 52.7 Å². The quantitative estimate of drug-likeness (QED) is 0.708. The van der Waals surface area contributed by atoms with Crippen LogP contribution in [-0.2, 0) is 13.6 Å². The van der Waals surface area contributed by atoms with Crippen LogP contribution in [0.15, 0.2) is 22.6 Å². The van der Waals surface area contributed by atoms with Crippen LogP contribution in [0.25, 0.3) is 11.0 Å². The van der Waals surface area contributed by atoms with Crippen LogP contribution in [0.3, 0.4) is 0 Å². The normalized spacial score (nSPS) is 14.2. The number of carbonyl (C=O) groups is 1. The van der Waals surface area contributed by atoms with Crippen molar-refractivity contribution in [3.05, 3.63) is 52.0 Å². The van der Waals surface area contributed by atoms with Crippen LogP contribution in [0.4, 0.5) is 0 Å².